The number of nitrogens with one attached hydrogen (secondary N) is 2. The molecule has 5 nitrogen and oxygen atoms in total. The van der Waals surface area contributed by atoms with Crippen molar-refractivity contribution in [1.29, 1.82) is 0 Å². The van der Waals surface area contributed by atoms with Crippen LogP contribution in [0.1, 0.15) is 22.3 Å². The van der Waals surface area contributed by atoms with Gasteiger partial charge in [0, 0.05) is 32.8 Å². The number of alkyl halides is 2. The molecule has 8 heteroatoms. The van der Waals surface area contributed by atoms with Crippen molar-refractivity contribution in [1.82, 2.24) is 10.6 Å². The first-order chi connectivity index (χ1) is 13.0. The van der Waals surface area contributed by atoms with Crippen LogP contribution in [0, 0.1) is 6.92 Å². The minimum absolute atomic E-state index is 0. The number of aryl methyl sites for hydroxylation is 1. The second-order valence-corrected chi connectivity index (χ2v) is 6.02. The van der Waals surface area contributed by atoms with E-state index >= 15 is 0 Å². The summed E-state index contributed by atoms with van der Waals surface area (Å²) in [5.74, 6) is 0.729. The summed E-state index contributed by atoms with van der Waals surface area (Å²) in [5.41, 5.74) is 3.81. The van der Waals surface area contributed by atoms with Crippen LogP contribution in [0.5, 0.6) is 5.75 Å². The fourth-order valence-electron chi connectivity index (χ4n) is 2.56. The number of nitrogens with zero attached hydrogens (tertiary/aromatic N) is 1. The highest BCUT2D eigenvalue weighted by molar-refractivity contribution is 14.0. The maximum Gasteiger partial charge on any atom is 0.387 e. The van der Waals surface area contributed by atoms with E-state index in [0.29, 0.717) is 31.2 Å². The Balaban J connectivity index is 0.00000392. The standard InChI is InChI=1S/C20H25F2N3O2.HI/c1-14-4-9-18(27-19(21)22)17(10-14)12-25-20(23-2)24-11-15-5-7-16(8-6-15)13-26-3;/h4-10,19H,11-13H2,1-3H3,(H2,23,24,25);1H. The molecule has 2 aromatic rings. The zero-order valence-corrected chi connectivity index (χ0v) is 18.5. The number of ether oxygens (including phenoxy) is 2. The van der Waals surface area contributed by atoms with Crippen LogP contribution in [0.3, 0.4) is 0 Å². The van der Waals surface area contributed by atoms with E-state index in [1.165, 1.54) is 0 Å². The number of aliphatic imine (C=N–C) groups is 1. The second-order valence-electron chi connectivity index (χ2n) is 6.02. The third-order valence-electron chi connectivity index (χ3n) is 3.90. The molecule has 2 aromatic carbocycles. The molecule has 154 valence electrons. The van der Waals surface area contributed by atoms with Gasteiger partial charge in [-0.15, -0.1) is 24.0 Å². The summed E-state index contributed by atoms with van der Waals surface area (Å²) in [6.45, 7) is 0.522. The number of guanidine groups is 1. The highest BCUT2D eigenvalue weighted by Crippen LogP contribution is 2.22. The van der Waals surface area contributed by atoms with E-state index in [1.54, 1.807) is 26.3 Å². The number of hydrogen-bond donors (Lipinski definition) is 2. The maximum absolute atomic E-state index is 12.6. The normalized spacial score (nSPS) is 11.1. The highest BCUT2D eigenvalue weighted by Gasteiger charge is 2.10. The number of methoxy groups -OCH3 is 1. The van der Waals surface area contributed by atoms with E-state index in [9.17, 15) is 8.78 Å². The number of benzene rings is 2. The van der Waals surface area contributed by atoms with E-state index < -0.39 is 6.61 Å². The van der Waals surface area contributed by atoms with Gasteiger partial charge in [0.05, 0.1) is 6.61 Å². The van der Waals surface area contributed by atoms with Gasteiger partial charge in [0.25, 0.3) is 0 Å². The maximum atomic E-state index is 12.6. The van der Waals surface area contributed by atoms with Gasteiger partial charge in [-0.1, -0.05) is 42.0 Å². The lowest BCUT2D eigenvalue weighted by Crippen LogP contribution is -2.36. The smallest absolute Gasteiger partial charge is 0.387 e. The molecule has 2 rings (SSSR count). The van der Waals surface area contributed by atoms with Crippen molar-refractivity contribution in [2.75, 3.05) is 14.2 Å². The number of rotatable bonds is 8. The molecule has 0 aliphatic carbocycles. The SMILES string of the molecule is CN=C(NCc1ccc(COC)cc1)NCc1cc(C)ccc1OC(F)F.I. The molecule has 0 bridgehead atoms. The van der Waals surface area contributed by atoms with Crippen molar-refractivity contribution >= 4 is 29.9 Å². The van der Waals surface area contributed by atoms with Crippen molar-refractivity contribution in [2.24, 2.45) is 4.99 Å². The average Bonchev–Trinajstić information content (AvgIpc) is 2.65. The molecule has 0 aliphatic heterocycles. The van der Waals surface area contributed by atoms with Crippen LogP contribution in [-0.4, -0.2) is 26.7 Å². The Bertz CT molecular complexity index is 756. The van der Waals surface area contributed by atoms with Gasteiger partial charge >= 0.3 is 6.61 Å². The average molecular weight is 505 g/mol. The molecular formula is C20H26F2IN3O2. The topological polar surface area (TPSA) is 54.9 Å². The fourth-order valence-corrected chi connectivity index (χ4v) is 2.56. The predicted octanol–water partition coefficient (Wildman–Crippen LogP) is 4.23. The summed E-state index contributed by atoms with van der Waals surface area (Å²) < 4.78 is 34.8. The zero-order valence-electron chi connectivity index (χ0n) is 16.2. The molecule has 0 saturated heterocycles. The molecule has 0 aromatic heterocycles. The summed E-state index contributed by atoms with van der Waals surface area (Å²) in [4.78, 5) is 4.16. The first-order valence-corrected chi connectivity index (χ1v) is 8.57. The van der Waals surface area contributed by atoms with Gasteiger partial charge in [-0.3, -0.25) is 4.99 Å². The van der Waals surface area contributed by atoms with Gasteiger partial charge in [-0.25, -0.2) is 0 Å². The Morgan fingerprint density at radius 2 is 1.68 bits per heavy atom. The van der Waals surface area contributed by atoms with Crippen LogP contribution < -0.4 is 15.4 Å². The molecule has 0 unspecified atom stereocenters. The van der Waals surface area contributed by atoms with Crippen LogP contribution in [0.2, 0.25) is 0 Å². The minimum Gasteiger partial charge on any atom is -0.434 e. The molecular weight excluding hydrogens is 479 g/mol. The number of hydrogen-bond acceptors (Lipinski definition) is 3. The van der Waals surface area contributed by atoms with E-state index in [4.69, 9.17) is 4.74 Å². The lowest BCUT2D eigenvalue weighted by molar-refractivity contribution is -0.0504. The Hall–Kier alpha value is -1.94. The molecule has 2 N–H and O–H groups in total. The van der Waals surface area contributed by atoms with Crippen LogP contribution in [0.25, 0.3) is 0 Å². The van der Waals surface area contributed by atoms with Gasteiger partial charge < -0.3 is 20.1 Å². The Labute approximate surface area is 181 Å². The summed E-state index contributed by atoms with van der Waals surface area (Å²) in [6, 6.07) is 13.2. The lowest BCUT2D eigenvalue weighted by Gasteiger charge is -2.15. The van der Waals surface area contributed by atoms with Crippen molar-refractivity contribution in [2.45, 2.75) is 33.2 Å². The van der Waals surface area contributed by atoms with Crippen LogP contribution in [-0.2, 0) is 24.4 Å². The first-order valence-electron chi connectivity index (χ1n) is 8.57. The molecule has 0 radical (unpaired) electrons. The summed E-state index contributed by atoms with van der Waals surface area (Å²) in [6.07, 6.45) is 0. The van der Waals surface area contributed by atoms with Crippen molar-refractivity contribution < 1.29 is 18.3 Å². The molecule has 0 amide bonds. The van der Waals surface area contributed by atoms with E-state index in [0.717, 1.165) is 16.7 Å². The third-order valence-corrected chi connectivity index (χ3v) is 3.90. The Morgan fingerprint density at radius 3 is 2.29 bits per heavy atom. The largest absolute Gasteiger partial charge is 0.434 e. The van der Waals surface area contributed by atoms with Crippen molar-refractivity contribution in [3.8, 4) is 5.75 Å². The molecule has 0 saturated carbocycles. The van der Waals surface area contributed by atoms with Gasteiger partial charge in [-0.05, 0) is 24.1 Å². The van der Waals surface area contributed by atoms with Crippen LogP contribution in [0.4, 0.5) is 8.78 Å². The number of halogens is 3. The van der Waals surface area contributed by atoms with Crippen molar-refractivity contribution in [3.05, 3.63) is 64.7 Å². The van der Waals surface area contributed by atoms with Gasteiger partial charge in [0.15, 0.2) is 5.96 Å². The quantitative estimate of drug-likeness (QED) is 0.321. The molecule has 0 atom stereocenters. The van der Waals surface area contributed by atoms with Crippen molar-refractivity contribution in [3.63, 3.8) is 0 Å². The molecule has 0 spiro atoms. The minimum atomic E-state index is -2.86. The summed E-state index contributed by atoms with van der Waals surface area (Å²) in [7, 11) is 3.32. The molecule has 0 aliphatic rings. The summed E-state index contributed by atoms with van der Waals surface area (Å²) in [5, 5.41) is 6.32. The monoisotopic (exact) mass is 505 g/mol. The predicted molar refractivity (Wildman–Crippen MR) is 117 cm³/mol. The van der Waals surface area contributed by atoms with E-state index in [-0.39, 0.29) is 29.7 Å². The van der Waals surface area contributed by atoms with Gasteiger partial charge in [-0.2, -0.15) is 8.78 Å². The Kier molecular flexibility index (Phi) is 10.8. The van der Waals surface area contributed by atoms with Crippen LogP contribution in [0.15, 0.2) is 47.5 Å². The van der Waals surface area contributed by atoms with E-state index in [2.05, 4.69) is 20.4 Å². The van der Waals surface area contributed by atoms with Crippen LogP contribution >= 0.6 is 24.0 Å². The van der Waals surface area contributed by atoms with Gasteiger partial charge in [0.1, 0.15) is 5.75 Å². The molecule has 0 fully saturated rings. The summed E-state index contributed by atoms with van der Waals surface area (Å²) >= 11 is 0. The fraction of sp³-hybridized carbons (Fsp3) is 0.350. The lowest BCUT2D eigenvalue weighted by atomic mass is 10.1. The van der Waals surface area contributed by atoms with Gasteiger partial charge in [0.2, 0.25) is 0 Å². The third kappa shape index (κ3) is 7.97. The second kappa shape index (κ2) is 12.5. The Morgan fingerprint density at radius 1 is 1.04 bits per heavy atom. The molecule has 28 heavy (non-hydrogen) atoms. The zero-order chi connectivity index (χ0) is 19.6. The molecule has 0 heterocycles. The first kappa shape index (κ1) is 24.1. The van der Waals surface area contributed by atoms with E-state index in [1.807, 2.05) is 37.3 Å². The highest BCUT2D eigenvalue weighted by atomic mass is 127.